The number of aromatic nitrogens is 3. The van der Waals surface area contributed by atoms with Gasteiger partial charge in [-0.05, 0) is 94.5 Å². The molecule has 4 heterocycles. The van der Waals surface area contributed by atoms with Crippen molar-refractivity contribution in [1.82, 2.24) is 15.0 Å². The molecule has 0 aliphatic rings. The molecule has 9 aromatic rings. The molecular formula is C50H38N4S. The smallest absolute Gasteiger partial charge is 0.0895 e. The molecular weight excluding hydrogens is 689 g/mol. The van der Waals surface area contributed by atoms with Gasteiger partial charge >= 0.3 is 0 Å². The average Bonchev–Trinajstić information content (AvgIpc) is 3.65. The number of hydrogen-bond acceptors (Lipinski definition) is 5. The van der Waals surface area contributed by atoms with E-state index in [1.165, 1.54) is 36.7 Å². The summed E-state index contributed by atoms with van der Waals surface area (Å²) >= 11 is 1.83. The molecule has 2 N–H and O–H groups in total. The van der Waals surface area contributed by atoms with Crippen LogP contribution in [0.2, 0.25) is 0 Å². The summed E-state index contributed by atoms with van der Waals surface area (Å²) in [5.74, 6) is 0.140. The highest BCUT2D eigenvalue weighted by Gasteiger charge is 2.19. The second-order valence-corrected chi connectivity index (χ2v) is 14.7. The lowest BCUT2D eigenvalue weighted by Gasteiger charge is -2.15. The van der Waals surface area contributed by atoms with E-state index in [-0.39, 0.29) is 5.92 Å². The Kier molecular flexibility index (Phi) is 9.29. The topological polar surface area (TPSA) is 64.7 Å². The molecule has 0 aliphatic carbocycles. The van der Waals surface area contributed by atoms with E-state index in [1.807, 2.05) is 47.9 Å². The van der Waals surface area contributed by atoms with Crippen molar-refractivity contribution < 1.29 is 0 Å². The normalized spacial score (nSPS) is 12.4. The largest absolute Gasteiger partial charge is 0.405 e. The van der Waals surface area contributed by atoms with Crippen molar-refractivity contribution in [2.75, 3.05) is 0 Å². The maximum atomic E-state index is 5.61. The Bertz CT molecular complexity index is 2860. The monoisotopic (exact) mass is 726 g/mol. The number of fused-ring (bicyclic) bond motifs is 5. The summed E-state index contributed by atoms with van der Waals surface area (Å²) < 4.78 is 2.47. The van der Waals surface area contributed by atoms with Crippen LogP contribution in [0.25, 0.3) is 87.1 Å². The maximum Gasteiger partial charge on any atom is 0.0895 e. The molecule has 1 unspecified atom stereocenters. The van der Waals surface area contributed by atoms with Gasteiger partial charge in [0.15, 0.2) is 0 Å². The predicted molar refractivity (Wildman–Crippen MR) is 233 cm³/mol. The van der Waals surface area contributed by atoms with Crippen molar-refractivity contribution in [2.45, 2.75) is 19.3 Å². The van der Waals surface area contributed by atoms with Gasteiger partial charge in [0.25, 0.3) is 0 Å². The van der Waals surface area contributed by atoms with Gasteiger partial charge in [0.1, 0.15) is 0 Å². The molecule has 0 saturated heterocycles. The van der Waals surface area contributed by atoms with Crippen LogP contribution >= 0.6 is 11.3 Å². The summed E-state index contributed by atoms with van der Waals surface area (Å²) in [6.07, 6.45) is 10.3. The van der Waals surface area contributed by atoms with Gasteiger partial charge < -0.3 is 5.73 Å². The van der Waals surface area contributed by atoms with Crippen LogP contribution in [0, 0.1) is 0 Å². The second-order valence-electron chi connectivity index (χ2n) is 13.7. The summed E-state index contributed by atoms with van der Waals surface area (Å²) in [7, 11) is 0. The summed E-state index contributed by atoms with van der Waals surface area (Å²) in [6, 6.07) is 53.9. The number of nitrogens with zero attached hydrogens (tertiary/aromatic N) is 3. The molecule has 5 aromatic carbocycles. The predicted octanol–water partition coefficient (Wildman–Crippen LogP) is 13.2. The van der Waals surface area contributed by atoms with Crippen LogP contribution in [0.4, 0.5) is 0 Å². The highest BCUT2D eigenvalue weighted by Crippen LogP contribution is 2.45. The zero-order chi connectivity index (χ0) is 37.1. The first-order valence-electron chi connectivity index (χ1n) is 18.7. The maximum absolute atomic E-state index is 5.61. The van der Waals surface area contributed by atoms with Crippen LogP contribution in [0.5, 0.6) is 0 Å². The van der Waals surface area contributed by atoms with E-state index < -0.39 is 0 Å². The highest BCUT2D eigenvalue weighted by molar-refractivity contribution is 7.26. The number of nitrogens with two attached hydrogens (primary N) is 1. The average molecular weight is 727 g/mol. The molecule has 0 amide bonds. The highest BCUT2D eigenvalue weighted by atomic mass is 32.1. The first-order chi connectivity index (χ1) is 27.2. The van der Waals surface area contributed by atoms with E-state index >= 15 is 0 Å². The fourth-order valence-electron chi connectivity index (χ4n) is 7.54. The molecule has 0 spiro atoms. The Morgan fingerprint density at radius 1 is 0.600 bits per heavy atom. The van der Waals surface area contributed by atoms with Gasteiger partial charge in [-0.3, -0.25) is 9.97 Å². The molecule has 0 saturated carbocycles. The molecule has 9 rings (SSSR count). The van der Waals surface area contributed by atoms with Gasteiger partial charge in [-0.1, -0.05) is 128 Å². The summed E-state index contributed by atoms with van der Waals surface area (Å²) in [6.45, 7) is 2.18. The van der Waals surface area contributed by atoms with Crippen LogP contribution in [-0.2, 0) is 0 Å². The third-order valence-corrected chi connectivity index (χ3v) is 11.4. The molecule has 4 aromatic heterocycles. The number of hydrogen-bond donors (Lipinski definition) is 1. The van der Waals surface area contributed by atoms with Crippen molar-refractivity contribution in [3.05, 3.63) is 188 Å². The Morgan fingerprint density at radius 2 is 1.35 bits per heavy atom. The van der Waals surface area contributed by atoms with E-state index in [0.717, 1.165) is 62.5 Å². The molecule has 264 valence electrons. The van der Waals surface area contributed by atoms with Crippen LogP contribution in [-0.4, -0.2) is 15.0 Å². The Balaban J connectivity index is 1.13. The zero-order valence-electron chi connectivity index (χ0n) is 30.4. The van der Waals surface area contributed by atoms with Gasteiger partial charge in [-0.15, -0.1) is 11.3 Å². The lowest BCUT2D eigenvalue weighted by atomic mass is 9.94. The molecule has 0 bridgehead atoms. The number of benzene rings is 5. The number of rotatable bonds is 9. The Morgan fingerprint density at radius 3 is 2.15 bits per heavy atom. The number of thiophene rings is 1. The van der Waals surface area contributed by atoms with Crippen molar-refractivity contribution >= 4 is 42.4 Å². The van der Waals surface area contributed by atoms with Crippen molar-refractivity contribution in [1.29, 1.82) is 0 Å². The molecule has 1 atom stereocenters. The minimum atomic E-state index is 0.140. The quantitative estimate of drug-likeness (QED) is 0.150. The molecule has 5 heteroatoms. The van der Waals surface area contributed by atoms with E-state index in [9.17, 15) is 0 Å². The Labute approximate surface area is 325 Å². The van der Waals surface area contributed by atoms with Crippen LogP contribution < -0.4 is 5.73 Å². The second kappa shape index (κ2) is 15.0. The molecule has 0 fully saturated rings. The van der Waals surface area contributed by atoms with Crippen LogP contribution in [0.15, 0.2) is 182 Å². The SMILES string of the molecule is CCC(/C=C\C=C/N)c1cc(-c2ccc(-c3cccc(-c4nc5cccc(-c6ccccc6)c5c5c4sc4ccccc45)c3)cc2)cc(-c2ccccn2)n1. The first kappa shape index (κ1) is 34.1. The third kappa shape index (κ3) is 6.60. The van der Waals surface area contributed by atoms with Crippen molar-refractivity contribution in [3.63, 3.8) is 0 Å². The van der Waals surface area contributed by atoms with E-state index in [1.54, 1.807) is 6.20 Å². The van der Waals surface area contributed by atoms with Crippen LogP contribution in [0.3, 0.4) is 0 Å². The summed E-state index contributed by atoms with van der Waals surface area (Å²) in [5, 5.41) is 3.74. The minimum Gasteiger partial charge on any atom is -0.405 e. The number of pyridine rings is 3. The first-order valence-corrected chi connectivity index (χ1v) is 19.5. The molecule has 0 aliphatic heterocycles. The van der Waals surface area contributed by atoms with Gasteiger partial charge in [0.2, 0.25) is 0 Å². The minimum absolute atomic E-state index is 0.140. The van der Waals surface area contributed by atoms with Crippen LogP contribution in [0.1, 0.15) is 25.0 Å². The van der Waals surface area contributed by atoms with Crippen molar-refractivity contribution in [2.24, 2.45) is 5.73 Å². The lowest BCUT2D eigenvalue weighted by Crippen LogP contribution is -2.00. The number of allylic oxidation sites excluding steroid dienone is 3. The van der Waals surface area contributed by atoms with Gasteiger partial charge in [-0.25, -0.2) is 4.98 Å². The molecule has 55 heavy (non-hydrogen) atoms. The summed E-state index contributed by atoms with van der Waals surface area (Å²) in [4.78, 5) is 15.1. The van der Waals surface area contributed by atoms with Crippen molar-refractivity contribution in [3.8, 4) is 56.0 Å². The van der Waals surface area contributed by atoms with Gasteiger partial charge in [0.05, 0.1) is 27.3 Å². The standard InChI is InChI=1S/C50H38N4S/c1-2-33(14-8-10-28-51)44-31-39(32-45(53-44)42-21-9-11-29-52-42)35-26-24-34(25-27-35)37-17-12-18-38(30-37)49-50-48(41-19-6-7-23-46(41)55-50)47-40(20-13-22-43(47)54-49)36-15-4-3-5-16-36/h3-33H,2,51H2,1H3/b14-8-,28-10-. The van der Waals surface area contributed by atoms with E-state index in [0.29, 0.717) is 0 Å². The molecule has 4 nitrogen and oxygen atoms in total. The Hall–Kier alpha value is -6.69. The lowest BCUT2D eigenvalue weighted by molar-refractivity contribution is 0.776. The fraction of sp³-hybridized carbons (Fsp3) is 0.0600. The third-order valence-electron chi connectivity index (χ3n) is 10.3. The van der Waals surface area contributed by atoms with E-state index in [4.69, 9.17) is 15.7 Å². The summed E-state index contributed by atoms with van der Waals surface area (Å²) in [5.41, 5.74) is 18.4. The zero-order valence-corrected chi connectivity index (χ0v) is 31.2. The molecule has 0 radical (unpaired) electrons. The van der Waals surface area contributed by atoms with Gasteiger partial charge in [0, 0.05) is 44.2 Å². The van der Waals surface area contributed by atoms with E-state index in [2.05, 4.69) is 151 Å². The van der Waals surface area contributed by atoms with Gasteiger partial charge in [-0.2, -0.15) is 0 Å². The fourth-order valence-corrected chi connectivity index (χ4v) is 8.76.